The Labute approximate surface area is 105 Å². The lowest BCUT2D eigenvalue weighted by Gasteiger charge is -2.28. The molecule has 96 valence electrons. The van der Waals surface area contributed by atoms with E-state index in [-0.39, 0.29) is 12.1 Å². The summed E-state index contributed by atoms with van der Waals surface area (Å²) < 4.78 is 5.88. The fourth-order valence-electron chi connectivity index (χ4n) is 2.32. The van der Waals surface area contributed by atoms with Crippen LogP contribution in [-0.2, 0) is 4.74 Å². The van der Waals surface area contributed by atoms with Gasteiger partial charge in [-0.3, -0.25) is 0 Å². The van der Waals surface area contributed by atoms with Gasteiger partial charge in [0.15, 0.2) is 0 Å². The van der Waals surface area contributed by atoms with Crippen molar-refractivity contribution in [1.82, 2.24) is 5.32 Å². The predicted molar refractivity (Wildman–Crippen MR) is 73.3 cm³/mol. The molecule has 0 amide bonds. The first-order valence-electron chi connectivity index (χ1n) is 6.58. The molecule has 2 atom stereocenters. The maximum atomic E-state index is 5.88. The first-order valence-corrected chi connectivity index (χ1v) is 6.58. The molecule has 1 aromatic carbocycles. The maximum Gasteiger partial charge on any atom is 0.0769 e. The number of ether oxygens (including phenoxy) is 1. The van der Waals surface area contributed by atoms with Gasteiger partial charge in [-0.05, 0) is 38.4 Å². The number of benzene rings is 1. The van der Waals surface area contributed by atoms with E-state index >= 15 is 0 Å². The van der Waals surface area contributed by atoms with Crippen LogP contribution in [0.25, 0.3) is 0 Å². The molecular weight excluding hydrogens is 210 g/mol. The zero-order valence-electron chi connectivity index (χ0n) is 11.5. The standard InChI is InChI=1S/C15H25NO/c1-5-9-14(17-6-2)15(16-4)13-11-8-7-10-12(13)3/h7-8,10-11,14-16H,5-6,9H2,1-4H3. The number of nitrogens with one attached hydrogen (secondary N) is 1. The van der Waals surface area contributed by atoms with Crippen LogP contribution in [0, 0.1) is 6.92 Å². The van der Waals surface area contributed by atoms with Crippen molar-refractivity contribution >= 4 is 0 Å². The first-order chi connectivity index (χ1) is 8.24. The van der Waals surface area contributed by atoms with Gasteiger partial charge in [0.25, 0.3) is 0 Å². The Balaban J connectivity index is 2.91. The highest BCUT2D eigenvalue weighted by Crippen LogP contribution is 2.25. The van der Waals surface area contributed by atoms with E-state index in [1.54, 1.807) is 0 Å². The van der Waals surface area contributed by atoms with Crippen LogP contribution < -0.4 is 5.32 Å². The smallest absolute Gasteiger partial charge is 0.0769 e. The fourth-order valence-corrected chi connectivity index (χ4v) is 2.32. The van der Waals surface area contributed by atoms with Crippen LogP contribution in [0.3, 0.4) is 0 Å². The molecule has 0 aromatic heterocycles. The van der Waals surface area contributed by atoms with Crippen LogP contribution in [-0.4, -0.2) is 19.8 Å². The van der Waals surface area contributed by atoms with Gasteiger partial charge in [0.1, 0.15) is 0 Å². The van der Waals surface area contributed by atoms with E-state index in [2.05, 4.69) is 50.4 Å². The van der Waals surface area contributed by atoms with Crippen LogP contribution in [0.4, 0.5) is 0 Å². The van der Waals surface area contributed by atoms with Crippen molar-refractivity contribution in [2.75, 3.05) is 13.7 Å². The average Bonchev–Trinajstić information content (AvgIpc) is 2.33. The van der Waals surface area contributed by atoms with Crippen molar-refractivity contribution in [1.29, 1.82) is 0 Å². The predicted octanol–water partition coefficient (Wildman–Crippen LogP) is 3.46. The summed E-state index contributed by atoms with van der Waals surface area (Å²) in [5, 5.41) is 3.40. The monoisotopic (exact) mass is 235 g/mol. The third-order valence-corrected chi connectivity index (χ3v) is 3.16. The van der Waals surface area contributed by atoms with Gasteiger partial charge in [0.2, 0.25) is 0 Å². The molecule has 2 unspecified atom stereocenters. The Hall–Kier alpha value is -0.860. The van der Waals surface area contributed by atoms with Crippen molar-refractivity contribution in [3.63, 3.8) is 0 Å². The summed E-state index contributed by atoms with van der Waals surface area (Å²) in [6.45, 7) is 7.20. The molecule has 0 spiro atoms. The van der Waals surface area contributed by atoms with Gasteiger partial charge in [0, 0.05) is 6.61 Å². The van der Waals surface area contributed by atoms with Gasteiger partial charge in [-0.15, -0.1) is 0 Å². The highest BCUT2D eigenvalue weighted by Gasteiger charge is 2.22. The quantitative estimate of drug-likeness (QED) is 0.781. The minimum Gasteiger partial charge on any atom is -0.377 e. The third-order valence-electron chi connectivity index (χ3n) is 3.16. The zero-order chi connectivity index (χ0) is 12.7. The summed E-state index contributed by atoms with van der Waals surface area (Å²) in [4.78, 5) is 0. The van der Waals surface area contributed by atoms with Crippen molar-refractivity contribution < 1.29 is 4.74 Å². The summed E-state index contributed by atoms with van der Waals surface area (Å²) in [7, 11) is 2.01. The number of rotatable bonds is 7. The molecule has 0 heterocycles. The van der Waals surface area contributed by atoms with Gasteiger partial charge < -0.3 is 10.1 Å². The van der Waals surface area contributed by atoms with E-state index in [9.17, 15) is 0 Å². The molecule has 0 aliphatic rings. The number of likely N-dealkylation sites (N-methyl/N-ethyl adjacent to an activating group) is 1. The van der Waals surface area contributed by atoms with Gasteiger partial charge in [-0.2, -0.15) is 0 Å². The van der Waals surface area contributed by atoms with E-state index in [0.717, 1.165) is 19.4 Å². The summed E-state index contributed by atoms with van der Waals surface area (Å²) in [5.74, 6) is 0. The molecule has 0 aliphatic carbocycles. The van der Waals surface area contributed by atoms with Crippen LogP contribution in [0.2, 0.25) is 0 Å². The maximum absolute atomic E-state index is 5.88. The molecule has 0 radical (unpaired) electrons. The molecule has 2 heteroatoms. The molecule has 0 saturated carbocycles. The second-order valence-electron chi connectivity index (χ2n) is 4.41. The van der Waals surface area contributed by atoms with Crippen molar-refractivity contribution in [2.24, 2.45) is 0 Å². The zero-order valence-corrected chi connectivity index (χ0v) is 11.5. The second-order valence-corrected chi connectivity index (χ2v) is 4.41. The van der Waals surface area contributed by atoms with Crippen molar-refractivity contribution in [3.8, 4) is 0 Å². The number of hydrogen-bond acceptors (Lipinski definition) is 2. The third kappa shape index (κ3) is 3.83. The molecule has 0 aliphatic heterocycles. The number of aryl methyl sites for hydroxylation is 1. The molecule has 0 bridgehead atoms. The van der Waals surface area contributed by atoms with Gasteiger partial charge in [-0.25, -0.2) is 0 Å². The summed E-state index contributed by atoms with van der Waals surface area (Å²) in [6.07, 6.45) is 2.50. The Morgan fingerprint density at radius 3 is 2.47 bits per heavy atom. The minimum atomic E-state index is 0.260. The normalized spacial score (nSPS) is 14.6. The van der Waals surface area contributed by atoms with Crippen LogP contribution in [0.5, 0.6) is 0 Å². The SMILES string of the molecule is CCCC(OCC)C(NC)c1ccccc1C. The summed E-state index contributed by atoms with van der Waals surface area (Å²) in [6, 6.07) is 8.83. The summed E-state index contributed by atoms with van der Waals surface area (Å²) >= 11 is 0. The Kier molecular flexibility index (Phi) is 6.23. The molecule has 1 rings (SSSR count). The minimum absolute atomic E-state index is 0.260. The Morgan fingerprint density at radius 1 is 1.24 bits per heavy atom. The lowest BCUT2D eigenvalue weighted by atomic mass is 9.94. The van der Waals surface area contributed by atoms with Crippen molar-refractivity contribution in [2.45, 2.75) is 45.8 Å². The fraction of sp³-hybridized carbons (Fsp3) is 0.600. The molecule has 1 N–H and O–H groups in total. The van der Waals surface area contributed by atoms with Gasteiger partial charge in [0.05, 0.1) is 12.1 Å². The number of hydrogen-bond donors (Lipinski definition) is 1. The summed E-state index contributed by atoms with van der Waals surface area (Å²) in [5.41, 5.74) is 2.68. The van der Waals surface area contributed by atoms with Crippen LogP contribution in [0.1, 0.15) is 43.9 Å². The highest BCUT2D eigenvalue weighted by molar-refractivity contribution is 5.29. The Morgan fingerprint density at radius 2 is 1.94 bits per heavy atom. The topological polar surface area (TPSA) is 21.3 Å². The molecule has 0 fully saturated rings. The molecule has 17 heavy (non-hydrogen) atoms. The molecule has 1 aromatic rings. The largest absolute Gasteiger partial charge is 0.377 e. The van der Waals surface area contributed by atoms with Crippen LogP contribution >= 0.6 is 0 Å². The molecule has 2 nitrogen and oxygen atoms in total. The lowest BCUT2D eigenvalue weighted by molar-refractivity contribution is 0.0294. The van der Waals surface area contributed by atoms with Gasteiger partial charge >= 0.3 is 0 Å². The van der Waals surface area contributed by atoms with E-state index in [4.69, 9.17) is 4.74 Å². The van der Waals surface area contributed by atoms with E-state index in [1.807, 2.05) is 7.05 Å². The van der Waals surface area contributed by atoms with E-state index in [0.29, 0.717) is 0 Å². The second kappa shape index (κ2) is 7.46. The molecule has 0 saturated heterocycles. The van der Waals surface area contributed by atoms with Crippen LogP contribution in [0.15, 0.2) is 24.3 Å². The van der Waals surface area contributed by atoms with E-state index in [1.165, 1.54) is 11.1 Å². The van der Waals surface area contributed by atoms with Crippen molar-refractivity contribution in [3.05, 3.63) is 35.4 Å². The van der Waals surface area contributed by atoms with E-state index < -0.39 is 0 Å². The lowest BCUT2D eigenvalue weighted by Crippen LogP contribution is -2.32. The highest BCUT2D eigenvalue weighted by atomic mass is 16.5. The van der Waals surface area contributed by atoms with Gasteiger partial charge in [-0.1, -0.05) is 37.6 Å². The molecular formula is C15H25NO. The average molecular weight is 235 g/mol. The Bertz CT molecular complexity index is 318. The first kappa shape index (κ1) is 14.2.